The minimum absolute atomic E-state index is 0.213. The number of hydrogen-bond acceptors (Lipinski definition) is 6. The minimum atomic E-state index is -0.451. The normalized spacial score (nSPS) is 11.6. The number of aromatic nitrogens is 3. The third-order valence-electron chi connectivity index (χ3n) is 3.88. The maximum absolute atomic E-state index is 12.4. The Bertz CT molecular complexity index is 1010. The minimum Gasteiger partial charge on any atom is -0.335 e. The van der Waals surface area contributed by atoms with E-state index >= 15 is 0 Å². The number of thioether (sulfide) groups is 1. The van der Waals surface area contributed by atoms with Crippen LogP contribution in [0.3, 0.4) is 0 Å². The number of nitrogen functional groups attached to an aromatic ring is 1. The molecule has 3 aromatic rings. The summed E-state index contributed by atoms with van der Waals surface area (Å²) >= 11 is 1.21. The summed E-state index contributed by atoms with van der Waals surface area (Å²) < 4.78 is 1.38. The predicted octanol–water partition coefficient (Wildman–Crippen LogP) is 2.96. The summed E-state index contributed by atoms with van der Waals surface area (Å²) in [6.45, 7) is 3.76. The van der Waals surface area contributed by atoms with Crippen molar-refractivity contribution < 1.29 is 4.79 Å². The molecule has 0 aliphatic rings. The molecule has 1 heterocycles. The molecule has 8 heteroatoms. The maximum Gasteiger partial charge on any atom is 0.237 e. The molecular weight excluding hydrogens is 360 g/mol. The van der Waals surface area contributed by atoms with Gasteiger partial charge in [-0.05, 0) is 32.0 Å². The number of carbonyl (C=O) groups excluding carboxylic acids is 1. The lowest BCUT2D eigenvalue weighted by Crippen LogP contribution is -2.23. The van der Waals surface area contributed by atoms with Crippen molar-refractivity contribution >= 4 is 23.4 Å². The molecule has 1 amide bonds. The van der Waals surface area contributed by atoms with Gasteiger partial charge in [0, 0.05) is 11.3 Å². The highest BCUT2D eigenvalue weighted by atomic mass is 32.2. The van der Waals surface area contributed by atoms with Crippen molar-refractivity contribution in [2.75, 3.05) is 11.2 Å². The fourth-order valence-electron chi connectivity index (χ4n) is 2.38. The van der Waals surface area contributed by atoms with Crippen molar-refractivity contribution in [2.24, 2.45) is 0 Å². The molecule has 0 aliphatic carbocycles. The van der Waals surface area contributed by atoms with Crippen molar-refractivity contribution in [3.05, 3.63) is 59.7 Å². The van der Waals surface area contributed by atoms with Gasteiger partial charge < -0.3 is 11.2 Å². The second kappa shape index (κ2) is 7.93. The molecule has 1 unspecified atom stereocenters. The van der Waals surface area contributed by atoms with Gasteiger partial charge in [0.1, 0.15) is 0 Å². The zero-order valence-electron chi connectivity index (χ0n) is 14.9. The van der Waals surface area contributed by atoms with Gasteiger partial charge in [0.05, 0.1) is 16.9 Å². The van der Waals surface area contributed by atoms with Gasteiger partial charge in [-0.15, -0.1) is 10.2 Å². The Hall–Kier alpha value is -3.31. The average molecular weight is 378 g/mol. The Morgan fingerprint density at radius 1 is 1.26 bits per heavy atom. The van der Waals surface area contributed by atoms with Crippen LogP contribution >= 0.6 is 11.8 Å². The highest BCUT2D eigenvalue weighted by Gasteiger charge is 2.20. The van der Waals surface area contributed by atoms with Crippen LogP contribution in [0.1, 0.15) is 18.1 Å². The van der Waals surface area contributed by atoms with Gasteiger partial charge in [-0.25, -0.2) is 4.68 Å². The first kappa shape index (κ1) is 18.5. The van der Waals surface area contributed by atoms with Crippen LogP contribution in [0.15, 0.2) is 53.7 Å². The van der Waals surface area contributed by atoms with Gasteiger partial charge >= 0.3 is 0 Å². The molecule has 0 bridgehead atoms. The largest absolute Gasteiger partial charge is 0.335 e. The van der Waals surface area contributed by atoms with Crippen LogP contribution in [0.25, 0.3) is 11.4 Å². The molecule has 0 aliphatic heterocycles. The van der Waals surface area contributed by atoms with Crippen molar-refractivity contribution in [3.63, 3.8) is 0 Å². The number of carbonyl (C=O) groups is 1. The Morgan fingerprint density at radius 2 is 2.00 bits per heavy atom. The molecule has 0 spiro atoms. The van der Waals surface area contributed by atoms with Crippen LogP contribution in [-0.2, 0) is 4.79 Å². The van der Waals surface area contributed by atoms with Gasteiger partial charge in [0.2, 0.25) is 11.1 Å². The first-order chi connectivity index (χ1) is 13.0. The van der Waals surface area contributed by atoms with Crippen molar-refractivity contribution in [1.29, 1.82) is 5.26 Å². The molecule has 3 rings (SSSR count). The molecule has 0 saturated carbocycles. The number of nitrogens with zero attached hydrogens (tertiary/aromatic N) is 4. The van der Waals surface area contributed by atoms with E-state index in [9.17, 15) is 4.79 Å². The van der Waals surface area contributed by atoms with Crippen molar-refractivity contribution in [2.45, 2.75) is 24.3 Å². The molecule has 0 fully saturated rings. The zero-order chi connectivity index (χ0) is 19.4. The smallest absolute Gasteiger partial charge is 0.237 e. The topological polar surface area (TPSA) is 110 Å². The fraction of sp³-hybridized carbons (Fsp3) is 0.158. The van der Waals surface area contributed by atoms with Crippen molar-refractivity contribution in [1.82, 2.24) is 14.9 Å². The number of nitrogens with two attached hydrogens (primary N) is 1. The first-order valence-corrected chi connectivity index (χ1v) is 9.11. The second-order valence-electron chi connectivity index (χ2n) is 5.98. The number of nitrogens with one attached hydrogen (secondary N) is 1. The highest BCUT2D eigenvalue weighted by molar-refractivity contribution is 8.00. The monoisotopic (exact) mass is 378 g/mol. The summed E-state index contributed by atoms with van der Waals surface area (Å²) in [5, 5.41) is 20.0. The molecule has 3 N–H and O–H groups in total. The summed E-state index contributed by atoms with van der Waals surface area (Å²) in [6, 6.07) is 16.6. The van der Waals surface area contributed by atoms with Gasteiger partial charge in [0.15, 0.2) is 5.82 Å². The summed E-state index contributed by atoms with van der Waals surface area (Å²) in [5.41, 5.74) is 3.05. The van der Waals surface area contributed by atoms with Crippen LogP contribution < -0.4 is 11.2 Å². The molecule has 0 saturated heterocycles. The molecule has 27 heavy (non-hydrogen) atoms. The third-order valence-corrected chi connectivity index (χ3v) is 4.94. The lowest BCUT2D eigenvalue weighted by Gasteiger charge is -2.11. The number of hydrogen-bond donors (Lipinski definition) is 2. The van der Waals surface area contributed by atoms with Gasteiger partial charge in [-0.3, -0.25) is 4.79 Å². The Morgan fingerprint density at radius 3 is 2.70 bits per heavy atom. The molecule has 136 valence electrons. The highest BCUT2D eigenvalue weighted by Crippen LogP contribution is 2.25. The van der Waals surface area contributed by atoms with E-state index in [1.807, 2.05) is 37.3 Å². The Labute approximate surface area is 161 Å². The summed E-state index contributed by atoms with van der Waals surface area (Å²) in [5.74, 6) is 6.44. The second-order valence-corrected chi connectivity index (χ2v) is 7.29. The zero-order valence-corrected chi connectivity index (χ0v) is 15.7. The van der Waals surface area contributed by atoms with E-state index in [-0.39, 0.29) is 5.91 Å². The maximum atomic E-state index is 12.4. The number of nitriles is 1. The first-order valence-electron chi connectivity index (χ1n) is 8.23. The van der Waals surface area contributed by atoms with E-state index in [1.165, 1.54) is 16.4 Å². The van der Waals surface area contributed by atoms with Crippen molar-refractivity contribution in [3.8, 4) is 17.5 Å². The predicted molar refractivity (Wildman–Crippen MR) is 105 cm³/mol. The molecule has 1 atom stereocenters. The van der Waals surface area contributed by atoms with E-state index in [1.54, 1.807) is 31.2 Å². The van der Waals surface area contributed by atoms with Gasteiger partial charge in [-0.2, -0.15) is 5.26 Å². The van der Waals surface area contributed by atoms with Gasteiger partial charge in [0.25, 0.3) is 0 Å². The summed E-state index contributed by atoms with van der Waals surface area (Å²) in [7, 11) is 0. The van der Waals surface area contributed by atoms with E-state index < -0.39 is 5.25 Å². The number of aryl methyl sites for hydroxylation is 1. The number of anilines is 1. The molecule has 0 radical (unpaired) electrons. The quantitative estimate of drug-likeness (QED) is 0.522. The van der Waals surface area contributed by atoms with Crippen LogP contribution in [-0.4, -0.2) is 26.0 Å². The van der Waals surface area contributed by atoms with E-state index in [0.717, 1.165) is 11.1 Å². The average Bonchev–Trinajstić information content (AvgIpc) is 3.03. The van der Waals surface area contributed by atoms with Crippen LogP contribution in [0.5, 0.6) is 0 Å². The third kappa shape index (κ3) is 4.27. The van der Waals surface area contributed by atoms with E-state index in [2.05, 4.69) is 15.5 Å². The standard InChI is InChI=1S/C19H18N6OS/c1-12-6-8-15(9-7-12)17-23-24-19(25(17)21)27-13(2)18(26)22-16-5-3-4-14(10-16)11-20/h3-10,13H,21H2,1-2H3,(H,22,26). The fourth-order valence-corrected chi connectivity index (χ4v) is 3.15. The van der Waals surface area contributed by atoms with E-state index in [4.69, 9.17) is 11.1 Å². The Kier molecular flexibility index (Phi) is 5.43. The van der Waals surface area contributed by atoms with Crippen LogP contribution in [0.4, 0.5) is 5.69 Å². The molecular formula is C19H18N6OS. The molecule has 7 nitrogen and oxygen atoms in total. The number of amides is 1. The van der Waals surface area contributed by atoms with Crippen LogP contribution in [0, 0.1) is 18.3 Å². The van der Waals surface area contributed by atoms with Gasteiger partial charge in [-0.1, -0.05) is 47.7 Å². The summed E-state index contributed by atoms with van der Waals surface area (Å²) in [4.78, 5) is 12.4. The lowest BCUT2D eigenvalue weighted by atomic mass is 10.1. The molecule has 2 aromatic carbocycles. The Balaban J connectivity index is 1.70. The number of rotatable bonds is 5. The lowest BCUT2D eigenvalue weighted by molar-refractivity contribution is -0.115. The number of benzene rings is 2. The SMILES string of the molecule is Cc1ccc(-c2nnc(SC(C)C(=O)Nc3cccc(C#N)c3)n2N)cc1. The van der Waals surface area contributed by atoms with Crippen LogP contribution in [0.2, 0.25) is 0 Å². The van der Waals surface area contributed by atoms with E-state index in [0.29, 0.717) is 22.2 Å². The molecule has 1 aromatic heterocycles. The summed E-state index contributed by atoms with van der Waals surface area (Å²) in [6.07, 6.45) is 0.